The number of rotatable bonds is 6. The Morgan fingerprint density at radius 2 is 0.806 bits per heavy atom. The molecule has 6 rings (SSSR count). The quantitative estimate of drug-likeness (QED) is 0.247. The summed E-state index contributed by atoms with van der Waals surface area (Å²) in [5.41, 5.74) is 6.10. The van der Waals surface area contributed by atoms with Crippen LogP contribution in [0.2, 0.25) is 0 Å². The molecule has 0 amide bonds. The molecular formula is C30H26B2O4. The van der Waals surface area contributed by atoms with Gasteiger partial charge in [0.15, 0.2) is 0 Å². The van der Waals surface area contributed by atoms with Crippen molar-refractivity contribution in [1.29, 1.82) is 0 Å². The first-order valence-corrected chi connectivity index (χ1v) is 12.4. The second-order valence-electron chi connectivity index (χ2n) is 8.96. The van der Waals surface area contributed by atoms with Gasteiger partial charge < -0.3 is 18.6 Å². The molecule has 0 radical (unpaired) electrons. The van der Waals surface area contributed by atoms with E-state index < -0.39 is 14.2 Å². The first-order valence-electron chi connectivity index (χ1n) is 12.4. The van der Waals surface area contributed by atoms with Crippen LogP contribution in [0, 0.1) is 0 Å². The lowest BCUT2D eigenvalue weighted by Gasteiger charge is -2.20. The lowest BCUT2D eigenvalue weighted by molar-refractivity contribution is 0.241. The van der Waals surface area contributed by atoms with E-state index in [2.05, 4.69) is 48.5 Å². The van der Waals surface area contributed by atoms with Crippen molar-refractivity contribution < 1.29 is 18.6 Å². The van der Waals surface area contributed by atoms with Crippen LogP contribution in [0.3, 0.4) is 0 Å². The number of hydrogen-bond acceptors (Lipinski definition) is 4. The van der Waals surface area contributed by atoms with Crippen molar-refractivity contribution in [2.45, 2.75) is 12.2 Å². The van der Waals surface area contributed by atoms with Gasteiger partial charge >= 0.3 is 14.2 Å². The van der Waals surface area contributed by atoms with Gasteiger partial charge in [0.1, 0.15) is 0 Å². The van der Waals surface area contributed by atoms with E-state index in [4.69, 9.17) is 18.6 Å². The third-order valence-electron chi connectivity index (χ3n) is 6.65. The molecule has 0 bridgehead atoms. The van der Waals surface area contributed by atoms with E-state index in [0.29, 0.717) is 13.2 Å². The molecule has 0 aromatic heterocycles. The predicted octanol–water partition coefficient (Wildman–Crippen LogP) is 6.23. The van der Waals surface area contributed by atoms with E-state index in [1.807, 2.05) is 72.8 Å². The highest BCUT2D eigenvalue weighted by molar-refractivity contribution is 6.82. The monoisotopic (exact) mass is 472 g/mol. The van der Waals surface area contributed by atoms with Crippen molar-refractivity contribution in [3.63, 3.8) is 0 Å². The van der Waals surface area contributed by atoms with E-state index in [-0.39, 0.29) is 12.2 Å². The minimum Gasteiger partial charge on any atom is -0.404 e. The van der Waals surface area contributed by atoms with Gasteiger partial charge in [-0.15, -0.1) is 0 Å². The minimum atomic E-state index is -0.559. The smallest absolute Gasteiger partial charge is 0.404 e. The Morgan fingerprint density at radius 3 is 1.17 bits per heavy atom. The zero-order valence-corrected chi connectivity index (χ0v) is 19.9. The van der Waals surface area contributed by atoms with Crippen LogP contribution < -0.4 is 0 Å². The van der Waals surface area contributed by atoms with E-state index in [0.717, 1.165) is 33.2 Å². The van der Waals surface area contributed by atoms with E-state index in [9.17, 15) is 0 Å². The van der Waals surface area contributed by atoms with Gasteiger partial charge in [-0.1, -0.05) is 121 Å². The fourth-order valence-electron chi connectivity index (χ4n) is 4.87. The van der Waals surface area contributed by atoms with Crippen LogP contribution in [0.5, 0.6) is 0 Å². The average Bonchev–Trinajstić information content (AvgIpc) is 3.64. The highest BCUT2D eigenvalue weighted by Gasteiger charge is 2.44. The minimum absolute atomic E-state index is 0.144. The van der Waals surface area contributed by atoms with E-state index in [1.54, 1.807) is 0 Å². The predicted molar refractivity (Wildman–Crippen MR) is 144 cm³/mol. The zero-order chi connectivity index (χ0) is 24.2. The highest BCUT2D eigenvalue weighted by Crippen LogP contribution is 2.39. The lowest BCUT2D eigenvalue weighted by Crippen LogP contribution is -2.26. The van der Waals surface area contributed by atoms with Gasteiger partial charge in [0.25, 0.3) is 0 Å². The SMILES string of the molecule is c1ccc(C(B2OCC(c3ccccc3)O2)=C(B2OCC(c3ccccc3)O2)c2ccccc2)cc1. The second-order valence-corrected chi connectivity index (χ2v) is 8.96. The largest absolute Gasteiger partial charge is 0.494 e. The third kappa shape index (κ3) is 4.81. The molecule has 2 aliphatic heterocycles. The highest BCUT2D eigenvalue weighted by atomic mass is 16.6. The van der Waals surface area contributed by atoms with Crippen molar-refractivity contribution >= 4 is 25.2 Å². The lowest BCUT2D eigenvalue weighted by atomic mass is 9.60. The molecule has 2 saturated heterocycles. The Balaban J connectivity index is 1.43. The summed E-state index contributed by atoms with van der Waals surface area (Å²) in [4.78, 5) is 0. The van der Waals surface area contributed by atoms with Gasteiger partial charge in [-0.05, 0) is 33.2 Å². The molecule has 4 nitrogen and oxygen atoms in total. The molecule has 2 fully saturated rings. The molecule has 36 heavy (non-hydrogen) atoms. The summed E-state index contributed by atoms with van der Waals surface area (Å²) < 4.78 is 25.7. The third-order valence-corrected chi connectivity index (χ3v) is 6.65. The van der Waals surface area contributed by atoms with Crippen LogP contribution in [0.15, 0.2) is 121 Å². The van der Waals surface area contributed by atoms with Crippen LogP contribution in [0.25, 0.3) is 10.9 Å². The van der Waals surface area contributed by atoms with Gasteiger partial charge in [-0.3, -0.25) is 0 Å². The summed E-state index contributed by atoms with van der Waals surface area (Å²) in [6, 6.07) is 41.0. The normalized spacial score (nSPS) is 20.4. The molecule has 0 N–H and O–H groups in total. The Labute approximate surface area is 212 Å². The van der Waals surface area contributed by atoms with Crippen LogP contribution in [0.1, 0.15) is 34.5 Å². The van der Waals surface area contributed by atoms with Crippen LogP contribution in [-0.2, 0) is 18.6 Å². The second kappa shape index (κ2) is 10.7. The molecular weight excluding hydrogens is 446 g/mol. The molecule has 2 atom stereocenters. The van der Waals surface area contributed by atoms with Gasteiger partial charge in [0.2, 0.25) is 0 Å². The molecule has 2 heterocycles. The van der Waals surface area contributed by atoms with Gasteiger partial charge in [-0.2, -0.15) is 0 Å². The van der Waals surface area contributed by atoms with Gasteiger partial charge in [0.05, 0.1) is 25.4 Å². The molecule has 0 aliphatic carbocycles. The first kappa shape index (κ1) is 23.0. The maximum absolute atomic E-state index is 6.55. The average molecular weight is 472 g/mol. The topological polar surface area (TPSA) is 36.9 Å². The molecule has 4 aromatic carbocycles. The van der Waals surface area contributed by atoms with Gasteiger partial charge in [0, 0.05) is 0 Å². The number of benzene rings is 4. The van der Waals surface area contributed by atoms with Crippen molar-refractivity contribution in [3.8, 4) is 0 Å². The Hall–Kier alpha value is -3.41. The molecule has 6 heteroatoms. The van der Waals surface area contributed by atoms with Crippen LogP contribution in [0.4, 0.5) is 0 Å². The molecule has 4 aromatic rings. The summed E-state index contributed by atoms with van der Waals surface area (Å²) in [6.45, 7) is 0.957. The van der Waals surface area contributed by atoms with Gasteiger partial charge in [-0.25, -0.2) is 0 Å². The maximum atomic E-state index is 6.55. The van der Waals surface area contributed by atoms with Crippen molar-refractivity contribution in [2.75, 3.05) is 13.2 Å². The first-order chi connectivity index (χ1) is 17.9. The molecule has 2 aliphatic rings. The summed E-state index contributed by atoms with van der Waals surface area (Å²) >= 11 is 0. The summed E-state index contributed by atoms with van der Waals surface area (Å²) in [6.07, 6.45) is -0.288. The zero-order valence-electron chi connectivity index (χ0n) is 19.9. The van der Waals surface area contributed by atoms with Crippen molar-refractivity contribution in [2.24, 2.45) is 0 Å². The molecule has 2 unspecified atom stereocenters. The molecule has 0 saturated carbocycles. The standard InChI is InChI=1S/C30H26B2O4/c1-5-13-23(14-6-1)27-21-33-31(35-27)29(25-17-9-3-10-18-25)30(26-19-11-4-12-20-26)32-34-22-28(36-32)24-15-7-2-8-16-24/h1-20,27-28H,21-22H2. The van der Waals surface area contributed by atoms with Crippen molar-refractivity contribution in [1.82, 2.24) is 0 Å². The Morgan fingerprint density at radius 1 is 0.472 bits per heavy atom. The van der Waals surface area contributed by atoms with E-state index in [1.165, 1.54) is 0 Å². The molecule has 0 spiro atoms. The fourth-order valence-corrected chi connectivity index (χ4v) is 4.87. The molecule has 176 valence electrons. The Bertz CT molecular complexity index is 1200. The van der Waals surface area contributed by atoms with Crippen LogP contribution >= 0.6 is 0 Å². The number of hydrogen-bond donors (Lipinski definition) is 0. The van der Waals surface area contributed by atoms with Crippen LogP contribution in [-0.4, -0.2) is 27.5 Å². The maximum Gasteiger partial charge on any atom is 0.494 e. The summed E-state index contributed by atoms with van der Waals surface area (Å²) in [5, 5.41) is 0. The van der Waals surface area contributed by atoms with E-state index >= 15 is 0 Å². The summed E-state index contributed by atoms with van der Waals surface area (Å²) in [7, 11) is -1.12. The van der Waals surface area contributed by atoms with Crippen molar-refractivity contribution in [3.05, 3.63) is 144 Å². The fraction of sp³-hybridized carbons (Fsp3) is 0.133. The Kier molecular flexibility index (Phi) is 6.83. The summed E-state index contributed by atoms with van der Waals surface area (Å²) in [5.74, 6) is 0.